The lowest BCUT2D eigenvalue weighted by Crippen LogP contribution is -2.36. The largest absolute Gasteiger partial charge is 0.497 e. The van der Waals surface area contributed by atoms with Crippen molar-refractivity contribution in [2.45, 2.75) is 181 Å². The van der Waals surface area contributed by atoms with Crippen molar-refractivity contribution < 1.29 is 38.1 Å². The number of methoxy groups -OCH3 is 1. The van der Waals surface area contributed by atoms with Gasteiger partial charge in [-0.2, -0.15) is 0 Å². The van der Waals surface area contributed by atoms with Crippen LogP contribution in [-0.2, 0) is 30.3 Å². The van der Waals surface area contributed by atoms with Gasteiger partial charge in [0.1, 0.15) is 19.0 Å². The second-order valence-electron chi connectivity index (χ2n) is 18.5. The molecule has 1 aliphatic carbocycles. The van der Waals surface area contributed by atoms with Gasteiger partial charge >= 0.3 is 17.9 Å². The van der Waals surface area contributed by atoms with Crippen LogP contribution < -0.4 is 10.5 Å². The highest BCUT2D eigenvalue weighted by atomic mass is 79.9. The maximum absolute atomic E-state index is 13.3. The number of esters is 3. The second kappa shape index (κ2) is 31.8. The molecular formula is C56H79BrClN3O8. The number of fused-ring (bicyclic) bond motifs is 1. The maximum Gasteiger partial charge on any atom is 0.338 e. The van der Waals surface area contributed by atoms with E-state index in [1.807, 2.05) is 31.2 Å². The smallest absolute Gasteiger partial charge is 0.338 e. The Morgan fingerprint density at radius 2 is 1.36 bits per heavy atom. The molecule has 13 heteroatoms. The number of benzene rings is 3. The molecule has 5 rings (SSSR count). The number of hydrogen-bond donors (Lipinski definition) is 1. The van der Waals surface area contributed by atoms with Crippen LogP contribution >= 0.6 is 27.5 Å². The number of nitrogens with two attached hydrogens (primary N) is 1. The normalized spacial score (nSPS) is 13.2. The first kappa shape index (κ1) is 57.2. The van der Waals surface area contributed by atoms with Crippen molar-refractivity contribution in [2.24, 2.45) is 0 Å². The number of nitrogens with zero attached hydrogens (tertiary/aromatic N) is 2. The van der Waals surface area contributed by atoms with Gasteiger partial charge in [-0.05, 0) is 115 Å². The predicted molar refractivity (Wildman–Crippen MR) is 282 cm³/mol. The summed E-state index contributed by atoms with van der Waals surface area (Å²) in [5.41, 5.74) is 10.6. The summed E-state index contributed by atoms with van der Waals surface area (Å²) >= 11 is 9.38. The minimum absolute atomic E-state index is 0.0654. The Bertz CT molecular complexity index is 2190. The Labute approximate surface area is 425 Å². The standard InChI is InChI=1S/C39H65BrN2O6.C17H14ClNO2/c1-4-6-7-8-9-10-11-12-13-14-15-16-17-18-22-25-37(44)47-30-35(29-46-31(3)43)48-39(45)32-26-33(38(41)36(40)27-32)28-42(5-2)34-23-20-19-21-24-34;1-11-9-13-10-15(21-2)7-8-16(13)19(11)17(20)12-3-5-14(18)6-4-12/h26-27,34-35H,4-25,28-30,41H2,1-3H3;3-10H,1-2H3. The maximum atomic E-state index is 13.3. The summed E-state index contributed by atoms with van der Waals surface area (Å²) in [5, 5.41) is 1.60. The van der Waals surface area contributed by atoms with Crippen molar-refractivity contribution in [3.63, 3.8) is 0 Å². The molecule has 380 valence electrons. The van der Waals surface area contributed by atoms with Crippen LogP contribution in [0.15, 0.2) is 65.1 Å². The van der Waals surface area contributed by atoms with Gasteiger partial charge in [-0.15, -0.1) is 0 Å². The molecule has 0 amide bonds. The molecule has 11 nitrogen and oxygen atoms in total. The van der Waals surface area contributed by atoms with Gasteiger partial charge in [0.15, 0.2) is 6.10 Å². The quantitative estimate of drug-likeness (QED) is 0.0253. The Morgan fingerprint density at radius 3 is 1.94 bits per heavy atom. The van der Waals surface area contributed by atoms with Crippen molar-refractivity contribution in [3.05, 3.63) is 92.5 Å². The van der Waals surface area contributed by atoms with E-state index in [-0.39, 0.29) is 25.1 Å². The van der Waals surface area contributed by atoms with Crippen LogP contribution in [0.5, 0.6) is 5.75 Å². The zero-order valence-electron chi connectivity index (χ0n) is 42.1. The monoisotopic (exact) mass is 1040 g/mol. The van der Waals surface area contributed by atoms with Crippen LogP contribution in [-0.4, -0.2) is 72.3 Å². The molecule has 0 spiro atoms. The Kier molecular flexibility index (Phi) is 26.3. The van der Waals surface area contributed by atoms with E-state index in [9.17, 15) is 19.2 Å². The summed E-state index contributed by atoms with van der Waals surface area (Å²) < 4.78 is 23.8. The molecule has 1 heterocycles. The molecular weight excluding hydrogens is 958 g/mol. The minimum atomic E-state index is -0.916. The van der Waals surface area contributed by atoms with Crippen LogP contribution in [0.3, 0.4) is 0 Å². The summed E-state index contributed by atoms with van der Waals surface area (Å²) in [6, 6.07) is 18.5. The fraction of sp³-hybridized carbons (Fsp3) is 0.571. The van der Waals surface area contributed by atoms with Gasteiger partial charge in [-0.3, -0.25) is 23.9 Å². The highest BCUT2D eigenvalue weighted by Gasteiger charge is 2.24. The lowest BCUT2D eigenvalue weighted by molar-refractivity contribution is -0.151. The van der Waals surface area contributed by atoms with E-state index in [1.54, 1.807) is 48.1 Å². The lowest BCUT2D eigenvalue weighted by atomic mass is 9.93. The molecule has 3 aromatic carbocycles. The number of rotatable bonds is 28. The van der Waals surface area contributed by atoms with Gasteiger partial charge in [0.25, 0.3) is 5.91 Å². The van der Waals surface area contributed by atoms with E-state index in [0.29, 0.717) is 45.3 Å². The number of unbranched alkanes of at least 4 members (excludes halogenated alkanes) is 14. The van der Waals surface area contributed by atoms with Crippen LogP contribution in [0.2, 0.25) is 5.02 Å². The average Bonchev–Trinajstić information content (AvgIpc) is 3.68. The number of nitrogen functional groups attached to an aromatic ring is 1. The molecule has 0 aliphatic heterocycles. The molecule has 4 aromatic rings. The van der Waals surface area contributed by atoms with Crippen molar-refractivity contribution in [1.29, 1.82) is 0 Å². The average molecular weight is 1040 g/mol. The first-order valence-electron chi connectivity index (χ1n) is 25.6. The molecule has 0 saturated heterocycles. The number of ether oxygens (including phenoxy) is 4. The fourth-order valence-electron chi connectivity index (χ4n) is 8.98. The number of anilines is 1. The van der Waals surface area contributed by atoms with E-state index in [1.165, 1.54) is 116 Å². The zero-order valence-corrected chi connectivity index (χ0v) is 44.4. The van der Waals surface area contributed by atoms with E-state index in [4.69, 9.17) is 36.3 Å². The first-order valence-corrected chi connectivity index (χ1v) is 26.8. The molecule has 0 radical (unpaired) electrons. The van der Waals surface area contributed by atoms with E-state index < -0.39 is 18.0 Å². The predicted octanol–water partition coefficient (Wildman–Crippen LogP) is 14.4. The zero-order chi connectivity index (χ0) is 50.0. The van der Waals surface area contributed by atoms with Crippen molar-refractivity contribution in [2.75, 3.05) is 32.6 Å². The van der Waals surface area contributed by atoms with Crippen LogP contribution in [0.1, 0.15) is 188 Å². The Morgan fingerprint density at radius 1 is 0.768 bits per heavy atom. The third kappa shape index (κ3) is 20.1. The van der Waals surface area contributed by atoms with Crippen LogP contribution in [0.4, 0.5) is 5.69 Å². The summed E-state index contributed by atoms with van der Waals surface area (Å²) in [6.45, 7) is 8.78. The second-order valence-corrected chi connectivity index (χ2v) is 19.7. The lowest BCUT2D eigenvalue weighted by Gasteiger charge is -2.34. The molecule has 69 heavy (non-hydrogen) atoms. The van der Waals surface area contributed by atoms with Crippen molar-refractivity contribution in [3.8, 4) is 5.75 Å². The summed E-state index contributed by atoms with van der Waals surface area (Å²) in [6.07, 6.45) is 24.4. The van der Waals surface area contributed by atoms with Gasteiger partial charge in [-0.25, -0.2) is 4.79 Å². The van der Waals surface area contributed by atoms with Crippen LogP contribution in [0, 0.1) is 6.92 Å². The highest BCUT2D eigenvalue weighted by molar-refractivity contribution is 9.10. The Balaban J connectivity index is 0.000000405. The number of halogens is 2. The van der Waals surface area contributed by atoms with Gasteiger partial charge in [0.05, 0.1) is 23.9 Å². The summed E-state index contributed by atoms with van der Waals surface area (Å²) in [7, 11) is 1.63. The van der Waals surface area contributed by atoms with Crippen molar-refractivity contribution >= 4 is 67.9 Å². The molecule has 1 fully saturated rings. The molecule has 1 unspecified atom stereocenters. The number of carbonyl (C=O) groups is 4. The molecule has 1 aromatic heterocycles. The van der Waals surface area contributed by atoms with Gasteiger partial charge in [-0.1, -0.05) is 135 Å². The number of aromatic nitrogens is 1. The summed E-state index contributed by atoms with van der Waals surface area (Å²) in [4.78, 5) is 52.4. The van der Waals surface area contributed by atoms with Crippen molar-refractivity contribution in [1.82, 2.24) is 9.47 Å². The molecule has 1 saturated carbocycles. The van der Waals surface area contributed by atoms with Gasteiger partial charge < -0.3 is 24.7 Å². The van der Waals surface area contributed by atoms with Gasteiger partial charge in [0, 0.05) is 52.1 Å². The van der Waals surface area contributed by atoms with Gasteiger partial charge in [0.2, 0.25) is 0 Å². The number of hydrogen-bond acceptors (Lipinski definition) is 10. The Hall–Kier alpha value is -4.39. The van der Waals surface area contributed by atoms with Crippen LogP contribution in [0.25, 0.3) is 10.9 Å². The SMILES string of the molecule is CCCCCCCCCCCCCCCCCC(=O)OCC(COC(C)=O)OC(=O)c1cc(Br)c(N)c(CN(CC)C2CCCCC2)c1.COc1ccc2c(c1)cc(C)n2C(=O)c1ccc(Cl)cc1. The van der Waals surface area contributed by atoms with E-state index in [2.05, 4.69) is 34.7 Å². The molecule has 2 N–H and O–H groups in total. The first-order chi connectivity index (χ1) is 33.3. The molecule has 1 aliphatic rings. The molecule has 0 bridgehead atoms. The topological polar surface area (TPSA) is 139 Å². The van der Waals surface area contributed by atoms with E-state index >= 15 is 0 Å². The third-order valence-corrected chi connectivity index (χ3v) is 13.9. The minimum Gasteiger partial charge on any atom is -0.497 e. The number of carbonyl (C=O) groups excluding carboxylic acids is 4. The highest BCUT2D eigenvalue weighted by Crippen LogP contribution is 2.31. The van der Waals surface area contributed by atoms with E-state index in [0.717, 1.165) is 53.7 Å². The fourth-order valence-corrected chi connectivity index (χ4v) is 9.61. The number of aryl methyl sites for hydroxylation is 1. The third-order valence-electron chi connectivity index (χ3n) is 13.0. The summed E-state index contributed by atoms with van der Waals surface area (Å²) in [5.74, 6) is -0.718. The molecule has 1 atom stereocenters.